The zero-order valence-corrected chi connectivity index (χ0v) is 8.88. The van der Waals surface area contributed by atoms with Crippen molar-refractivity contribution in [2.45, 2.75) is 6.61 Å². The predicted octanol–water partition coefficient (Wildman–Crippen LogP) is 2.34. The first kappa shape index (κ1) is 9.84. The van der Waals surface area contributed by atoms with Crippen molar-refractivity contribution in [3.05, 3.63) is 47.8 Å². The van der Waals surface area contributed by atoms with Gasteiger partial charge >= 0.3 is 5.97 Å². The lowest BCUT2D eigenvalue weighted by Gasteiger charge is -2.20. The molecule has 0 bridgehead atoms. The second-order valence-electron chi connectivity index (χ2n) is 3.84. The van der Waals surface area contributed by atoms with Gasteiger partial charge in [0, 0.05) is 23.5 Å². The average Bonchev–Trinajstić information content (AvgIpc) is 2.38. The van der Waals surface area contributed by atoms with Gasteiger partial charge in [-0.2, -0.15) is 0 Å². The Morgan fingerprint density at radius 3 is 3.00 bits per heavy atom. The molecule has 0 atom stereocenters. The van der Waals surface area contributed by atoms with E-state index < -0.39 is 5.97 Å². The zero-order valence-electron chi connectivity index (χ0n) is 8.88. The van der Waals surface area contributed by atoms with E-state index in [-0.39, 0.29) is 5.56 Å². The molecule has 0 amide bonds. The van der Waals surface area contributed by atoms with E-state index in [4.69, 9.17) is 9.84 Å². The fourth-order valence-corrected chi connectivity index (χ4v) is 1.96. The Morgan fingerprint density at radius 2 is 2.18 bits per heavy atom. The summed E-state index contributed by atoms with van der Waals surface area (Å²) in [6.07, 6.45) is 3.49. The van der Waals surface area contributed by atoms with Gasteiger partial charge in [0.15, 0.2) is 0 Å². The van der Waals surface area contributed by atoms with Gasteiger partial charge in [0.2, 0.25) is 0 Å². The Bertz CT molecular complexity index is 607. The van der Waals surface area contributed by atoms with Crippen molar-refractivity contribution in [2.24, 2.45) is 0 Å². The molecule has 84 valence electrons. The summed E-state index contributed by atoms with van der Waals surface area (Å²) < 4.78 is 5.54. The van der Waals surface area contributed by atoms with Crippen LogP contribution in [0.25, 0.3) is 11.1 Å². The fraction of sp³-hybridized carbons (Fsp3) is 0.0769. The first-order valence-corrected chi connectivity index (χ1v) is 5.19. The molecule has 0 saturated heterocycles. The van der Waals surface area contributed by atoms with Crippen molar-refractivity contribution < 1.29 is 14.6 Å². The highest BCUT2D eigenvalue weighted by atomic mass is 16.5. The number of hydrogen-bond acceptors (Lipinski definition) is 3. The monoisotopic (exact) mass is 227 g/mol. The molecule has 0 saturated carbocycles. The van der Waals surface area contributed by atoms with Crippen LogP contribution < -0.4 is 4.74 Å². The second-order valence-corrected chi connectivity index (χ2v) is 3.84. The highest BCUT2D eigenvalue weighted by Crippen LogP contribution is 2.37. The van der Waals surface area contributed by atoms with Crippen molar-refractivity contribution in [3.8, 4) is 16.9 Å². The molecule has 17 heavy (non-hydrogen) atoms. The smallest absolute Gasteiger partial charge is 0.335 e. The SMILES string of the molecule is O=C(O)c1ccc2c(c1)OCc1cnccc1-2. The Morgan fingerprint density at radius 1 is 1.29 bits per heavy atom. The number of benzene rings is 1. The van der Waals surface area contributed by atoms with Crippen molar-refractivity contribution in [2.75, 3.05) is 0 Å². The normalized spacial score (nSPS) is 12.2. The van der Waals surface area contributed by atoms with Crippen LogP contribution in [0.1, 0.15) is 15.9 Å². The molecule has 4 nitrogen and oxygen atoms in total. The number of carboxylic acids is 1. The number of aromatic carboxylic acids is 1. The number of aromatic nitrogens is 1. The summed E-state index contributed by atoms with van der Waals surface area (Å²) in [5.74, 6) is -0.333. The van der Waals surface area contributed by atoms with Crippen LogP contribution in [0.2, 0.25) is 0 Å². The van der Waals surface area contributed by atoms with Gasteiger partial charge in [-0.1, -0.05) is 0 Å². The molecule has 2 aromatic rings. The predicted molar refractivity (Wildman–Crippen MR) is 61.0 cm³/mol. The molecule has 3 rings (SSSR count). The van der Waals surface area contributed by atoms with E-state index in [9.17, 15) is 4.79 Å². The van der Waals surface area contributed by atoms with Crippen LogP contribution >= 0.6 is 0 Å². The number of nitrogens with zero attached hydrogens (tertiary/aromatic N) is 1. The van der Waals surface area contributed by atoms with Gasteiger partial charge in [-0.25, -0.2) is 4.79 Å². The topological polar surface area (TPSA) is 59.4 Å². The average molecular weight is 227 g/mol. The molecule has 0 spiro atoms. The number of hydrogen-bond donors (Lipinski definition) is 1. The van der Waals surface area contributed by atoms with Crippen LogP contribution in [0.15, 0.2) is 36.7 Å². The number of pyridine rings is 1. The summed E-state index contributed by atoms with van der Waals surface area (Å²) >= 11 is 0. The van der Waals surface area contributed by atoms with E-state index in [1.54, 1.807) is 30.6 Å². The Kier molecular flexibility index (Phi) is 2.08. The summed E-state index contributed by atoms with van der Waals surface area (Å²) in [6, 6.07) is 6.83. The molecule has 0 unspecified atom stereocenters. The zero-order chi connectivity index (χ0) is 11.8. The largest absolute Gasteiger partial charge is 0.488 e. The number of ether oxygens (including phenoxy) is 1. The highest BCUT2D eigenvalue weighted by Gasteiger charge is 2.18. The lowest BCUT2D eigenvalue weighted by molar-refractivity contribution is 0.0696. The molecule has 1 aliphatic heterocycles. The molecule has 1 aromatic heterocycles. The van der Waals surface area contributed by atoms with Crippen LogP contribution in [0.5, 0.6) is 5.75 Å². The van der Waals surface area contributed by atoms with Crippen molar-refractivity contribution in [1.29, 1.82) is 0 Å². The van der Waals surface area contributed by atoms with Crippen molar-refractivity contribution in [1.82, 2.24) is 4.98 Å². The maximum atomic E-state index is 10.9. The Balaban J connectivity index is 2.18. The van der Waals surface area contributed by atoms with E-state index in [0.717, 1.165) is 16.7 Å². The Hall–Kier alpha value is -2.36. The van der Waals surface area contributed by atoms with Crippen molar-refractivity contribution >= 4 is 5.97 Å². The quantitative estimate of drug-likeness (QED) is 0.812. The molecule has 1 aliphatic rings. The second kappa shape index (κ2) is 3.59. The van der Waals surface area contributed by atoms with Crippen LogP contribution in [0, 0.1) is 0 Å². The van der Waals surface area contributed by atoms with Gasteiger partial charge in [-0.05, 0) is 29.8 Å². The lowest BCUT2D eigenvalue weighted by atomic mass is 9.97. The number of fused-ring (bicyclic) bond motifs is 3. The van der Waals surface area contributed by atoms with Crippen LogP contribution in [-0.4, -0.2) is 16.1 Å². The summed E-state index contributed by atoms with van der Waals surface area (Å²) in [5.41, 5.74) is 3.22. The molecule has 1 aromatic carbocycles. The van der Waals surface area contributed by atoms with E-state index in [0.29, 0.717) is 12.4 Å². The molecule has 0 fully saturated rings. The van der Waals surface area contributed by atoms with Crippen LogP contribution in [0.4, 0.5) is 0 Å². The number of carboxylic acid groups (broad SMARTS) is 1. The van der Waals surface area contributed by atoms with Gasteiger partial charge in [-0.3, -0.25) is 4.98 Å². The first-order valence-electron chi connectivity index (χ1n) is 5.19. The minimum atomic E-state index is -0.947. The van der Waals surface area contributed by atoms with Gasteiger partial charge in [0.25, 0.3) is 0 Å². The highest BCUT2D eigenvalue weighted by molar-refractivity contribution is 5.90. The van der Waals surface area contributed by atoms with E-state index in [1.165, 1.54) is 0 Å². The minimum absolute atomic E-state index is 0.237. The van der Waals surface area contributed by atoms with Gasteiger partial charge in [0.1, 0.15) is 12.4 Å². The summed E-state index contributed by atoms with van der Waals surface area (Å²) in [7, 11) is 0. The van der Waals surface area contributed by atoms with E-state index in [1.807, 2.05) is 6.07 Å². The maximum absolute atomic E-state index is 10.9. The summed E-state index contributed by atoms with van der Waals surface area (Å²) in [5, 5.41) is 8.92. The fourth-order valence-electron chi connectivity index (χ4n) is 1.96. The van der Waals surface area contributed by atoms with E-state index >= 15 is 0 Å². The first-order chi connectivity index (χ1) is 8.25. The molecule has 1 N–H and O–H groups in total. The number of carbonyl (C=O) groups is 1. The standard InChI is InChI=1S/C13H9NO3/c15-13(16)8-1-2-11-10-3-4-14-6-9(10)7-17-12(11)5-8/h1-6H,7H2,(H,15,16). The van der Waals surface area contributed by atoms with Crippen LogP contribution in [0.3, 0.4) is 0 Å². The van der Waals surface area contributed by atoms with Gasteiger partial charge in [-0.15, -0.1) is 0 Å². The third kappa shape index (κ3) is 1.54. The lowest BCUT2D eigenvalue weighted by Crippen LogP contribution is -2.07. The molecular weight excluding hydrogens is 218 g/mol. The van der Waals surface area contributed by atoms with E-state index in [2.05, 4.69) is 4.98 Å². The summed E-state index contributed by atoms with van der Waals surface area (Å²) in [6.45, 7) is 0.430. The molecular formula is C13H9NO3. The minimum Gasteiger partial charge on any atom is -0.488 e. The molecule has 4 heteroatoms. The van der Waals surface area contributed by atoms with Crippen LogP contribution in [-0.2, 0) is 6.61 Å². The third-order valence-corrected chi connectivity index (χ3v) is 2.81. The molecule has 0 aliphatic carbocycles. The van der Waals surface area contributed by atoms with Gasteiger partial charge in [0.05, 0.1) is 5.56 Å². The molecule has 0 radical (unpaired) electrons. The van der Waals surface area contributed by atoms with Crippen molar-refractivity contribution in [3.63, 3.8) is 0 Å². The number of rotatable bonds is 1. The summed E-state index contributed by atoms with van der Waals surface area (Å²) in [4.78, 5) is 14.9. The van der Waals surface area contributed by atoms with Gasteiger partial charge < -0.3 is 9.84 Å². The molecule has 2 heterocycles. The maximum Gasteiger partial charge on any atom is 0.335 e. The third-order valence-electron chi connectivity index (χ3n) is 2.81. The Labute approximate surface area is 97.5 Å².